The predicted molar refractivity (Wildman–Crippen MR) is 40.7 cm³/mol. The summed E-state index contributed by atoms with van der Waals surface area (Å²) in [5, 5.41) is 2.05. The first-order valence-electron chi connectivity index (χ1n) is 3.29. The molecular formula is C8H9F2N. The van der Waals surface area contributed by atoms with Gasteiger partial charge in [-0.15, -0.1) is 0 Å². The zero-order valence-electron chi connectivity index (χ0n) is 6.14. The van der Waals surface area contributed by atoms with Gasteiger partial charge >= 0.3 is 6.05 Å². The summed E-state index contributed by atoms with van der Waals surface area (Å²) >= 11 is 0. The first kappa shape index (κ1) is 7.98. The van der Waals surface area contributed by atoms with Crippen LogP contribution in [-0.2, 0) is 0 Å². The molecule has 0 fully saturated rings. The molecule has 0 atom stereocenters. The maximum atomic E-state index is 12.3. The van der Waals surface area contributed by atoms with Crippen LogP contribution in [0.1, 0.15) is 6.92 Å². The van der Waals surface area contributed by atoms with Gasteiger partial charge < -0.3 is 5.32 Å². The van der Waals surface area contributed by atoms with E-state index in [2.05, 4.69) is 0 Å². The summed E-state index contributed by atoms with van der Waals surface area (Å²) in [6.07, 6.45) is 0. The van der Waals surface area contributed by atoms with E-state index in [1.807, 2.05) is 5.32 Å². The van der Waals surface area contributed by atoms with Gasteiger partial charge in [0.1, 0.15) is 0 Å². The Balaban J connectivity index is 2.66. The average molecular weight is 157 g/mol. The monoisotopic (exact) mass is 157 g/mol. The molecule has 60 valence electrons. The summed E-state index contributed by atoms with van der Waals surface area (Å²) in [7, 11) is 0. The molecule has 1 aromatic carbocycles. The minimum atomic E-state index is -2.85. The largest absolute Gasteiger partial charge is 0.327 e. The van der Waals surface area contributed by atoms with Crippen molar-refractivity contribution in [2.75, 3.05) is 5.32 Å². The number of anilines is 1. The topological polar surface area (TPSA) is 12.0 Å². The molecule has 0 bridgehead atoms. The van der Waals surface area contributed by atoms with Gasteiger partial charge in [0.15, 0.2) is 0 Å². The van der Waals surface area contributed by atoms with E-state index >= 15 is 0 Å². The molecule has 0 radical (unpaired) electrons. The van der Waals surface area contributed by atoms with Crippen molar-refractivity contribution in [3.63, 3.8) is 0 Å². The number of rotatable bonds is 2. The Morgan fingerprint density at radius 1 is 1.18 bits per heavy atom. The lowest BCUT2D eigenvalue weighted by molar-refractivity contribution is 0.0543. The lowest BCUT2D eigenvalue weighted by Gasteiger charge is -2.12. The molecule has 1 nitrogen and oxygen atoms in total. The van der Waals surface area contributed by atoms with Crippen LogP contribution in [0.25, 0.3) is 0 Å². The summed E-state index contributed by atoms with van der Waals surface area (Å²) in [4.78, 5) is 0. The molecule has 3 heteroatoms. The predicted octanol–water partition coefficient (Wildman–Crippen LogP) is 2.71. The molecule has 0 aliphatic heterocycles. The quantitative estimate of drug-likeness (QED) is 0.651. The van der Waals surface area contributed by atoms with Crippen molar-refractivity contribution in [2.45, 2.75) is 13.0 Å². The van der Waals surface area contributed by atoms with Gasteiger partial charge in [0, 0.05) is 12.6 Å². The van der Waals surface area contributed by atoms with Crippen molar-refractivity contribution in [2.24, 2.45) is 0 Å². The van der Waals surface area contributed by atoms with E-state index in [4.69, 9.17) is 0 Å². The molecule has 0 saturated carbocycles. The normalized spacial score (nSPS) is 11.2. The summed E-state index contributed by atoms with van der Waals surface area (Å²) in [5.74, 6) is 0. The van der Waals surface area contributed by atoms with Crippen LogP contribution >= 0.6 is 0 Å². The van der Waals surface area contributed by atoms with Crippen molar-refractivity contribution >= 4 is 5.69 Å². The van der Waals surface area contributed by atoms with Gasteiger partial charge in [-0.25, -0.2) is 0 Å². The summed E-state index contributed by atoms with van der Waals surface area (Å²) in [6, 6.07) is 5.53. The number of halogens is 2. The fourth-order valence-electron chi connectivity index (χ4n) is 0.775. The summed E-state index contributed by atoms with van der Waals surface area (Å²) < 4.78 is 24.6. The third-order valence-electron chi connectivity index (χ3n) is 1.14. The molecule has 0 saturated heterocycles. The minimum Gasteiger partial charge on any atom is -0.327 e. The van der Waals surface area contributed by atoms with Crippen LogP contribution in [0, 0.1) is 0 Å². The summed E-state index contributed by atoms with van der Waals surface area (Å²) in [6.45, 7) is 0.819. The second-order valence-corrected chi connectivity index (χ2v) is 2.38. The molecular weight excluding hydrogens is 148 g/mol. The van der Waals surface area contributed by atoms with E-state index < -0.39 is 6.05 Å². The van der Waals surface area contributed by atoms with Crippen LogP contribution in [0.4, 0.5) is 14.5 Å². The Labute approximate surface area is 64.0 Å². The molecule has 1 N–H and O–H groups in total. The SMILES string of the molecule is CC(F)(F)Nc1ccccc1. The molecule has 1 rings (SSSR count). The smallest absolute Gasteiger partial charge is 0.320 e. The van der Waals surface area contributed by atoms with Crippen molar-refractivity contribution in [1.82, 2.24) is 0 Å². The highest BCUT2D eigenvalue weighted by Crippen LogP contribution is 2.16. The van der Waals surface area contributed by atoms with Crippen molar-refractivity contribution < 1.29 is 8.78 Å². The Morgan fingerprint density at radius 2 is 1.73 bits per heavy atom. The molecule has 0 aromatic heterocycles. The van der Waals surface area contributed by atoms with Gasteiger partial charge in [0.05, 0.1) is 0 Å². The van der Waals surface area contributed by atoms with Crippen molar-refractivity contribution in [3.05, 3.63) is 30.3 Å². The van der Waals surface area contributed by atoms with E-state index in [9.17, 15) is 8.78 Å². The minimum absolute atomic E-state index is 0.431. The lowest BCUT2D eigenvalue weighted by Crippen LogP contribution is -2.22. The highest BCUT2D eigenvalue weighted by molar-refractivity contribution is 5.43. The van der Waals surface area contributed by atoms with Gasteiger partial charge in [-0.05, 0) is 12.1 Å². The Morgan fingerprint density at radius 3 is 2.18 bits per heavy atom. The molecule has 0 unspecified atom stereocenters. The number of hydrogen-bond donors (Lipinski definition) is 1. The Hall–Kier alpha value is -1.12. The van der Waals surface area contributed by atoms with E-state index in [0.29, 0.717) is 5.69 Å². The lowest BCUT2D eigenvalue weighted by atomic mass is 10.3. The van der Waals surface area contributed by atoms with Crippen molar-refractivity contribution in [3.8, 4) is 0 Å². The van der Waals surface area contributed by atoms with Gasteiger partial charge in [0.2, 0.25) is 0 Å². The second-order valence-electron chi connectivity index (χ2n) is 2.38. The van der Waals surface area contributed by atoms with E-state index in [1.165, 1.54) is 0 Å². The zero-order chi connectivity index (χ0) is 8.32. The molecule has 0 heterocycles. The average Bonchev–Trinajstić information content (AvgIpc) is 1.85. The molecule has 1 aromatic rings. The summed E-state index contributed by atoms with van der Waals surface area (Å²) in [5.41, 5.74) is 0.431. The molecule has 11 heavy (non-hydrogen) atoms. The maximum absolute atomic E-state index is 12.3. The van der Waals surface area contributed by atoms with Crippen LogP contribution in [0.5, 0.6) is 0 Å². The van der Waals surface area contributed by atoms with Crippen LogP contribution < -0.4 is 5.32 Å². The standard InChI is InChI=1S/C8H9F2N/c1-8(9,10)11-7-5-3-2-4-6-7/h2-6,11H,1H3. The van der Waals surface area contributed by atoms with Gasteiger partial charge in [-0.1, -0.05) is 18.2 Å². The molecule has 0 aliphatic rings. The Kier molecular flexibility index (Phi) is 2.08. The highest BCUT2D eigenvalue weighted by atomic mass is 19.3. The van der Waals surface area contributed by atoms with E-state index in [0.717, 1.165) is 6.92 Å². The highest BCUT2D eigenvalue weighted by Gasteiger charge is 2.19. The fourth-order valence-corrected chi connectivity index (χ4v) is 0.775. The molecule has 0 amide bonds. The zero-order valence-corrected chi connectivity index (χ0v) is 6.14. The van der Waals surface area contributed by atoms with E-state index in [1.54, 1.807) is 30.3 Å². The molecule has 0 spiro atoms. The first-order valence-corrected chi connectivity index (χ1v) is 3.29. The van der Waals surface area contributed by atoms with Gasteiger partial charge in [-0.3, -0.25) is 0 Å². The first-order chi connectivity index (χ1) is 5.08. The van der Waals surface area contributed by atoms with Gasteiger partial charge in [-0.2, -0.15) is 8.78 Å². The maximum Gasteiger partial charge on any atom is 0.320 e. The van der Waals surface area contributed by atoms with E-state index in [-0.39, 0.29) is 0 Å². The molecule has 0 aliphatic carbocycles. The Bertz CT molecular complexity index is 215. The number of benzene rings is 1. The van der Waals surface area contributed by atoms with Crippen LogP contribution in [-0.4, -0.2) is 6.05 Å². The number of hydrogen-bond acceptors (Lipinski definition) is 1. The second kappa shape index (κ2) is 2.86. The fraction of sp³-hybridized carbons (Fsp3) is 0.250. The third kappa shape index (κ3) is 2.98. The number of nitrogens with one attached hydrogen (secondary N) is 1. The van der Waals surface area contributed by atoms with Crippen LogP contribution in [0.15, 0.2) is 30.3 Å². The van der Waals surface area contributed by atoms with Gasteiger partial charge in [0.25, 0.3) is 0 Å². The van der Waals surface area contributed by atoms with Crippen LogP contribution in [0.3, 0.4) is 0 Å². The van der Waals surface area contributed by atoms with Crippen LogP contribution in [0.2, 0.25) is 0 Å². The third-order valence-corrected chi connectivity index (χ3v) is 1.14. The number of para-hydroxylation sites is 1. The number of alkyl halides is 2. The van der Waals surface area contributed by atoms with Crippen molar-refractivity contribution in [1.29, 1.82) is 0 Å².